The van der Waals surface area contributed by atoms with Gasteiger partial charge in [0.15, 0.2) is 5.78 Å². The molecule has 3 aromatic carbocycles. The maximum atomic E-state index is 13.8. The maximum Gasteiger partial charge on any atom is 0.416 e. The van der Waals surface area contributed by atoms with E-state index in [-0.39, 0.29) is 24.6 Å². The molecular formula is C33H35ClF3N3O5. The van der Waals surface area contributed by atoms with Gasteiger partial charge in [-0.1, -0.05) is 6.07 Å². The zero-order valence-electron chi connectivity index (χ0n) is 25.1. The Kier molecular flexibility index (Phi) is 10.3. The van der Waals surface area contributed by atoms with Gasteiger partial charge in [-0.25, -0.2) is 4.79 Å². The fraction of sp³-hybridized carbons (Fsp3) is 0.333. The third kappa shape index (κ3) is 7.04. The van der Waals surface area contributed by atoms with Crippen molar-refractivity contribution in [2.75, 3.05) is 51.8 Å². The third-order valence-electron chi connectivity index (χ3n) is 8.26. The number of nitrogens with zero attached hydrogens (tertiary/aromatic N) is 3. The predicted molar refractivity (Wildman–Crippen MR) is 168 cm³/mol. The molecule has 0 radical (unpaired) electrons. The molecule has 2 heterocycles. The lowest BCUT2D eigenvalue weighted by atomic mass is 10.0. The fourth-order valence-electron chi connectivity index (χ4n) is 5.90. The van der Waals surface area contributed by atoms with Gasteiger partial charge in [0.1, 0.15) is 17.5 Å². The second-order valence-electron chi connectivity index (χ2n) is 10.8. The Morgan fingerprint density at radius 2 is 1.56 bits per heavy atom. The summed E-state index contributed by atoms with van der Waals surface area (Å²) < 4.78 is 51.9. The lowest BCUT2D eigenvalue weighted by Crippen LogP contribution is -2.47. The Balaban J connectivity index is 0.00000461. The number of carboxylic acid groups (broad SMARTS) is 1. The van der Waals surface area contributed by atoms with Crippen LogP contribution in [0.15, 0.2) is 66.7 Å². The number of hydrogen-bond donors (Lipinski definition) is 1. The van der Waals surface area contributed by atoms with Gasteiger partial charge < -0.3 is 24.0 Å². The van der Waals surface area contributed by atoms with Crippen LogP contribution in [0.5, 0.6) is 11.5 Å². The number of halogens is 4. The summed E-state index contributed by atoms with van der Waals surface area (Å²) in [5.74, 6) is -0.102. The van der Waals surface area contributed by atoms with Crippen LogP contribution in [0.4, 0.5) is 18.9 Å². The van der Waals surface area contributed by atoms with Crippen molar-refractivity contribution in [3.8, 4) is 11.5 Å². The summed E-state index contributed by atoms with van der Waals surface area (Å²) in [6.45, 7) is 4.39. The summed E-state index contributed by atoms with van der Waals surface area (Å²) in [7, 11) is 3.07. The molecule has 240 valence electrons. The lowest BCUT2D eigenvalue weighted by molar-refractivity contribution is -0.141. The Morgan fingerprint density at radius 1 is 0.911 bits per heavy atom. The van der Waals surface area contributed by atoms with E-state index in [0.717, 1.165) is 12.1 Å². The van der Waals surface area contributed by atoms with Gasteiger partial charge in [0, 0.05) is 61.1 Å². The molecule has 1 aliphatic heterocycles. The number of methoxy groups -OCH3 is 2. The summed E-state index contributed by atoms with van der Waals surface area (Å²) in [5.41, 5.74) is 1.83. The van der Waals surface area contributed by atoms with E-state index in [2.05, 4.69) is 4.90 Å². The van der Waals surface area contributed by atoms with Crippen molar-refractivity contribution in [2.24, 2.45) is 0 Å². The Hall–Kier alpha value is -4.22. The van der Waals surface area contributed by atoms with E-state index >= 15 is 0 Å². The van der Waals surface area contributed by atoms with Crippen LogP contribution in [0, 0.1) is 6.92 Å². The van der Waals surface area contributed by atoms with Crippen LogP contribution < -0.4 is 14.4 Å². The van der Waals surface area contributed by atoms with Crippen LogP contribution in [0.3, 0.4) is 0 Å². The van der Waals surface area contributed by atoms with Gasteiger partial charge in [0.25, 0.3) is 0 Å². The monoisotopic (exact) mass is 645 g/mol. The molecule has 1 saturated heterocycles. The number of aliphatic carboxylic acids is 1. The Morgan fingerprint density at radius 3 is 2.16 bits per heavy atom. The van der Waals surface area contributed by atoms with Crippen molar-refractivity contribution in [3.63, 3.8) is 0 Å². The number of carbonyl (C=O) groups is 2. The molecular weight excluding hydrogens is 611 g/mol. The van der Waals surface area contributed by atoms with E-state index in [9.17, 15) is 27.9 Å². The molecule has 0 amide bonds. The van der Waals surface area contributed by atoms with E-state index in [1.165, 1.54) is 13.2 Å². The van der Waals surface area contributed by atoms with Gasteiger partial charge in [-0.15, -0.1) is 12.4 Å². The summed E-state index contributed by atoms with van der Waals surface area (Å²) in [5, 5.41) is 11.0. The van der Waals surface area contributed by atoms with Crippen LogP contribution in [-0.2, 0) is 11.0 Å². The zero-order chi connectivity index (χ0) is 31.6. The average Bonchev–Trinajstić information content (AvgIpc) is 3.31. The van der Waals surface area contributed by atoms with Gasteiger partial charge in [0.2, 0.25) is 0 Å². The molecule has 1 N–H and O–H groups in total. The summed E-state index contributed by atoms with van der Waals surface area (Å²) >= 11 is 0. The number of ether oxygens (including phenoxy) is 2. The van der Waals surface area contributed by atoms with Crippen molar-refractivity contribution in [1.29, 1.82) is 0 Å². The number of anilines is 1. The highest BCUT2D eigenvalue weighted by molar-refractivity contribution is 6.17. The van der Waals surface area contributed by atoms with Crippen molar-refractivity contribution in [3.05, 3.63) is 89.1 Å². The first-order valence-corrected chi connectivity index (χ1v) is 14.3. The highest BCUT2D eigenvalue weighted by Crippen LogP contribution is 2.35. The lowest BCUT2D eigenvalue weighted by Gasteiger charge is -2.36. The van der Waals surface area contributed by atoms with Gasteiger partial charge in [-0.05, 0) is 67.9 Å². The van der Waals surface area contributed by atoms with Crippen LogP contribution in [0.1, 0.15) is 39.6 Å². The SMILES string of the molecule is COc1ccc(C(=O)c2c(C)n(C(CCN3CCN(c4cccc(C(F)(F)F)c4)CC3)C(=O)O)c3cc(OC)ccc23)cc1.Cl. The smallest absolute Gasteiger partial charge is 0.416 e. The standard InChI is InChI=1S/C33H34F3N3O5.ClH/c1-21-30(31(40)22-7-9-25(43-2)10-8-22)27-12-11-26(44-3)20-29(27)39(21)28(32(41)42)13-14-37-15-17-38(18-16-37)24-6-4-5-23(19-24)33(34,35)36;/h4-12,19-20,28H,13-18H2,1-3H3,(H,41,42);1H. The van der Waals surface area contributed by atoms with Crippen LogP contribution in [0.25, 0.3) is 10.9 Å². The van der Waals surface area contributed by atoms with Crippen molar-refractivity contribution in [1.82, 2.24) is 9.47 Å². The number of rotatable bonds is 10. The molecule has 1 fully saturated rings. The number of carbonyl (C=O) groups excluding carboxylic acids is 1. The minimum Gasteiger partial charge on any atom is -0.497 e. The quantitative estimate of drug-likeness (QED) is 0.198. The third-order valence-corrected chi connectivity index (χ3v) is 8.26. The first-order valence-electron chi connectivity index (χ1n) is 14.3. The van der Waals surface area contributed by atoms with E-state index in [4.69, 9.17) is 9.47 Å². The Labute approximate surface area is 265 Å². The van der Waals surface area contributed by atoms with Gasteiger partial charge in [0.05, 0.1) is 30.9 Å². The molecule has 4 aromatic rings. The van der Waals surface area contributed by atoms with Crippen LogP contribution in [-0.4, -0.2) is 73.3 Å². The number of hydrogen-bond acceptors (Lipinski definition) is 6. The number of ketones is 1. The molecule has 1 atom stereocenters. The van der Waals surface area contributed by atoms with Gasteiger partial charge in [-0.3, -0.25) is 9.69 Å². The fourth-order valence-corrected chi connectivity index (χ4v) is 5.90. The molecule has 1 aliphatic rings. The summed E-state index contributed by atoms with van der Waals surface area (Å²) in [6, 6.07) is 16.4. The van der Waals surface area contributed by atoms with E-state index in [1.54, 1.807) is 67.1 Å². The first-order chi connectivity index (χ1) is 21.0. The molecule has 5 rings (SSSR count). The second kappa shape index (κ2) is 13.8. The molecule has 0 bridgehead atoms. The molecule has 0 aliphatic carbocycles. The zero-order valence-corrected chi connectivity index (χ0v) is 26.0. The topological polar surface area (TPSA) is 84.2 Å². The number of benzene rings is 3. The number of alkyl halides is 3. The molecule has 45 heavy (non-hydrogen) atoms. The molecule has 8 nitrogen and oxygen atoms in total. The van der Waals surface area contributed by atoms with Crippen molar-refractivity contribution < 1.29 is 37.3 Å². The first kappa shape index (κ1) is 33.7. The molecule has 0 saturated carbocycles. The highest BCUT2D eigenvalue weighted by atomic mass is 35.5. The second-order valence-corrected chi connectivity index (χ2v) is 10.8. The van der Waals surface area contributed by atoms with Crippen LogP contribution in [0.2, 0.25) is 0 Å². The summed E-state index contributed by atoms with van der Waals surface area (Å²) in [4.78, 5) is 30.5. The number of fused-ring (bicyclic) bond motifs is 1. The van der Waals surface area contributed by atoms with Crippen LogP contribution >= 0.6 is 12.4 Å². The van der Waals surface area contributed by atoms with E-state index < -0.39 is 23.8 Å². The molecule has 12 heteroatoms. The van der Waals surface area contributed by atoms with Crippen molar-refractivity contribution >= 4 is 40.7 Å². The highest BCUT2D eigenvalue weighted by Gasteiger charge is 2.32. The molecule has 1 unspecified atom stereocenters. The van der Waals surface area contributed by atoms with E-state index in [0.29, 0.717) is 77.6 Å². The van der Waals surface area contributed by atoms with Gasteiger partial charge >= 0.3 is 12.1 Å². The molecule has 0 spiro atoms. The predicted octanol–water partition coefficient (Wildman–Crippen LogP) is 6.48. The largest absolute Gasteiger partial charge is 0.497 e. The van der Waals surface area contributed by atoms with Gasteiger partial charge in [-0.2, -0.15) is 13.2 Å². The molecule has 1 aromatic heterocycles. The van der Waals surface area contributed by atoms with Crippen molar-refractivity contribution in [2.45, 2.75) is 25.6 Å². The number of carboxylic acids is 1. The minimum absolute atomic E-state index is 0. The maximum absolute atomic E-state index is 13.8. The summed E-state index contributed by atoms with van der Waals surface area (Å²) in [6.07, 6.45) is -4.15. The van der Waals surface area contributed by atoms with E-state index in [1.807, 2.05) is 4.90 Å². The number of aromatic nitrogens is 1. The number of piperazine rings is 1. The average molecular weight is 646 g/mol. The normalized spacial score (nSPS) is 14.6. The Bertz CT molecular complexity index is 1660. The minimum atomic E-state index is -4.41.